The molecule has 3 N–H and O–H groups in total. The minimum absolute atomic E-state index is 0.00242. The van der Waals surface area contributed by atoms with Gasteiger partial charge in [0, 0.05) is 37.7 Å². The molecule has 0 bridgehead atoms. The first-order valence-corrected chi connectivity index (χ1v) is 8.37. The SMILES string of the molecule is CC(C)C(=O)NCC1CCCN(C(=O)c2ccc(CN)cc2)C1. The van der Waals surface area contributed by atoms with E-state index in [-0.39, 0.29) is 17.7 Å². The molecule has 0 aromatic heterocycles. The maximum absolute atomic E-state index is 12.6. The normalized spacial score (nSPS) is 18.1. The molecular weight excluding hydrogens is 290 g/mol. The minimum atomic E-state index is -0.00242. The monoisotopic (exact) mass is 317 g/mol. The number of nitrogens with one attached hydrogen (secondary N) is 1. The molecule has 1 atom stereocenters. The summed E-state index contributed by atoms with van der Waals surface area (Å²) in [6.07, 6.45) is 2.03. The summed E-state index contributed by atoms with van der Waals surface area (Å²) in [5, 5.41) is 2.98. The number of carbonyl (C=O) groups is 2. The van der Waals surface area contributed by atoms with Gasteiger partial charge in [-0.1, -0.05) is 26.0 Å². The molecule has 126 valence electrons. The number of benzene rings is 1. The maximum atomic E-state index is 12.6. The predicted molar refractivity (Wildman–Crippen MR) is 90.8 cm³/mol. The number of amides is 2. The highest BCUT2D eigenvalue weighted by Gasteiger charge is 2.25. The van der Waals surface area contributed by atoms with Crippen LogP contribution in [0, 0.1) is 11.8 Å². The Balaban J connectivity index is 1.91. The predicted octanol–water partition coefficient (Wildman–Crippen LogP) is 1.77. The van der Waals surface area contributed by atoms with Crippen LogP contribution in [0.4, 0.5) is 0 Å². The fourth-order valence-electron chi connectivity index (χ4n) is 2.83. The molecular formula is C18H27N3O2. The van der Waals surface area contributed by atoms with Gasteiger partial charge in [0.25, 0.3) is 5.91 Å². The summed E-state index contributed by atoms with van der Waals surface area (Å²) in [4.78, 5) is 26.2. The number of nitrogens with zero attached hydrogens (tertiary/aromatic N) is 1. The summed E-state index contributed by atoms with van der Waals surface area (Å²) < 4.78 is 0. The van der Waals surface area contributed by atoms with Crippen molar-refractivity contribution in [1.82, 2.24) is 10.2 Å². The van der Waals surface area contributed by atoms with Crippen LogP contribution in [0.2, 0.25) is 0 Å². The highest BCUT2D eigenvalue weighted by molar-refractivity contribution is 5.94. The first-order valence-electron chi connectivity index (χ1n) is 8.37. The van der Waals surface area contributed by atoms with Crippen molar-refractivity contribution in [2.24, 2.45) is 17.6 Å². The summed E-state index contributed by atoms with van der Waals surface area (Å²) in [6, 6.07) is 7.48. The molecule has 1 unspecified atom stereocenters. The molecule has 1 aliphatic heterocycles. The highest BCUT2D eigenvalue weighted by Crippen LogP contribution is 2.18. The summed E-state index contributed by atoms with van der Waals surface area (Å²) >= 11 is 0. The second kappa shape index (κ2) is 8.11. The van der Waals surface area contributed by atoms with Crippen molar-refractivity contribution in [2.45, 2.75) is 33.2 Å². The largest absolute Gasteiger partial charge is 0.356 e. The lowest BCUT2D eigenvalue weighted by Crippen LogP contribution is -2.44. The molecule has 1 fully saturated rings. The van der Waals surface area contributed by atoms with E-state index in [4.69, 9.17) is 5.73 Å². The van der Waals surface area contributed by atoms with Crippen molar-refractivity contribution < 1.29 is 9.59 Å². The molecule has 0 radical (unpaired) electrons. The molecule has 1 aliphatic rings. The van der Waals surface area contributed by atoms with Crippen molar-refractivity contribution >= 4 is 11.8 Å². The van der Waals surface area contributed by atoms with E-state index in [9.17, 15) is 9.59 Å². The molecule has 0 aliphatic carbocycles. The fourth-order valence-corrected chi connectivity index (χ4v) is 2.83. The molecule has 1 heterocycles. The van der Waals surface area contributed by atoms with Crippen LogP contribution >= 0.6 is 0 Å². The molecule has 0 saturated carbocycles. The zero-order chi connectivity index (χ0) is 16.8. The average molecular weight is 317 g/mol. The lowest BCUT2D eigenvalue weighted by Gasteiger charge is -2.33. The molecule has 5 nitrogen and oxygen atoms in total. The molecule has 2 amide bonds. The van der Waals surface area contributed by atoms with Crippen LogP contribution in [0.25, 0.3) is 0 Å². The van der Waals surface area contributed by atoms with Crippen LogP contribution in [0.3, 0.4) is 0 Å². The van der Waals surface area contributed by atoms with Crippen LogP contribution in [0.15, 0.2) is 24.3 Å². The van der Waals surface area contributed by atoms with Crippen LogP contribution in [-0.4, -0.2) is 36.3 Å². The third-order valence-electron chi connectivity index (χ3n) is 4.33. The van der Waals surface area contributed by atoms with Crippen molar-refractivity contribution in [3.05, 3.63) is 35.4 Å². The van der Waals surface area contributed by atoms with E-state index in [1.807, 2.05) is 43.0 Å². The summed E-state index contributed by atoms with van der Waals surface area (Å²) in [7, 11) is 0. The number of hydrogen-bond donors (Lipinski definition) is 2. The van der Waals surface area contributed by atoms with E-state index in [0.29, 0.717) is 31.1 Å². The van der Waals surface area contributed by atoms with Gasteiger partial charge < -0.3 is 16.0 Å². The summed E-state index contributed by atoms with van der Waals surface area (Å²) in [5.41, 5.74) is 7.31. The van der Waals surface area contributed by atoms with Crippen LogP contribution in [0.1, 0.15) is 42.6 Å². The van der Waals surface area contributed by atoms with Gasteiger partial charge in [0.05, 0.1) is 0 Å². The number of rotatable bonds is 5. The molecule has 0 spiro atoms. The van der Waals surface area contributed by atoms with E-state index in [1.165, 1.54) is 0 Å². The summed E-state index contributed by atoms with van der Waals surface area (Å²) in [6.45, 7) is 6.39. The van der Waals surface area contributed by atoms with Crippen molar-refractivity contribution in [3.63, 3.8) is 0 Å². The number of likely N-dealkylation sites (tertiary alicyclic amines) is 1. The second-order valence-corrected chi connectivity index (χ2v) is 6.56. The van der Waals surface area contributed by atoms with Gasteiger partial charge in [0.15, 0.2) is 0 Å². The van der Waals surface area contributed by atoms with Gasteiger partial charge in [-0.25, -0.2) is 0 Å². The Labute approximate surface area is 138 Å². The van der Waals surface area contributed by atoms with Gasteiger partial charge >= 0.3 is 0 Å². The Morgan fingerprint density at radius 2 is 2.00 bits per heavy atom. The van der Waals surface area contributed by atoms with Gasteiger partial charge in [0.1, 0.15) is 0 Å². The van der Waals surface area contributed by atoms with Gasteiger partial charge in [-0.15, -0.1) is 0 Å². The number of carbonyl (C=O) groups excluding carboxylic acids is 2. The first kappa shape index (κ1) is 17.5. The molecule has 5 heteroatoms. The lowest BCUT2D eigenvalue weighted by molar-refractivity contribution is -0.124. The Morgan fingerprint density at radius 3 is 2.61 bits per heavy atom. The quantitative estimate of drug-likeness (QED) is 0.869. The highest BCUT2D eigenvalue weighted by atomic mass is 16.2. The average Bonchev–Trinajstić information content (AvgIpc) is 2.59. The van der Waals surface area contributed by atoms with Crippen molar-refractivity contribution in [2.75, 3.05) is 19.6 Å². The molecule has 1 aromatic rings. The Morgan fingerprint density at radius 1 is 1.30 bits per heavy atom. The third-order valence-corrected chi connectivity index (χ3v) is 4.33. The van der Waals surface area contributed by atoms with E-state index >= 15 is 0 Å². The maximum Gasteiger partial charge on any atom is 0.253 e. The minimum Gasteiger partial charge on any atom is -0.356 e. The van der Waals surface area contributed by atoms with Gasteiger partial charge in [-0.3, -0.25) is 9.59 Å². The van der Waals surface area contributed by atoms with Crippen LogP contribution in [-0.2, 0) is 11.3 Å². The van der Waals surface area contributed by atoms with Crippen LogP contribution < -0.4 is 11.1 Å². The van der Waals surface area contributed by atoms with Gasteiger partial charge in [-0.2, -0.15) is 0 Å². The van der Waals surface area contributed by atoms with Gasteiger partial charge in [0.2, 0.25) is 5.91 Å². The first-order chi connectivity index (χ1) is 11.0. The lowest BCUT2D eigenvalue weighted by atomic mass is 9.97. The topological polar surface area (TPSA) is 75.4 Å². The van der Waals surface area contributed by atoms with Crippen molar-refractivity contribution in [3.8, 4) is 0 Å². The van der Waals surface area contributed by atoms with E-state index in [2.05, 4.69) is 5.32 Å². The zero-order valence-corrected chi connectivity index (χ0v) is 14.0. The zero-order valence-electron chi connectivity index (χ0n) is 14.0. The van der Waals surface area contributed by atoms with Crippen LogP contribution in [0.5, 0.6) is 0 Å². The van der Waals surface area contributed by atoms with E-state index in [0.717, 1.165) is 24.9 Å². The molecule has 1 aromatic carbocycles. The van der Waals surface area contributed by atoms with Crippen molar-refractivity contribution in [1.29, 1.82) is 0 Å². The van der Waals surface area contributed by atoms with E-state index in [1.54, 1.807) is 0 Å². The Bertz CT molecular complexity index is 540. The molecule has 1 saturated heterocycles. The second-order valence-electron chi connectivity index (χ2n) is 6.56. The summed E-state index contributed by atoms with van der Waals surface area (Å²) in [5.74, 6) is 0.468. The smallest absolute Gasteiger partial charge is 0.253 e. The fraction of sp³-hybridized carbons (Fsp3) is 0.556. The van der Waals surface area contributed by atoms with Gasteiger partial charge in [-0.05, 0) is 36.5 Å². The standard InChI is InChI=1S/C18H27N3O2/c1-13(2)17(22)20-11-15-4-3-9-21(12-15)18(23)16-7-5-14(10-19)6-8-16/h5-8,13,15H,3-4,9-12,19H2,1-2H3,(H,20,22). The molecule has 23 heavy (non-hydrogen) atoms. The van der Waals surface area contributed by atoms with E-state index < -0.39 is 0 Å². The third kappa shape index (κ3) is 4.79. The number of nitrogens with two attached hydrogens (primary N) is 1. The Hall–Kier alpha value is -1.88. The number of piperidine rings is 1. The molecule has 2 rings (SSSR count). The number of hydrogen-bond acceptors (Lipinski definition) is 3. The Kier molecular flexibility index (Phi) is 6.16.